The lowest BCUT2D eigenvalue weighted by Gasteiger charge is -2.26. The lowest BCUT2D eigenvalue weighted by Crippen LogP contribution is -2.36. The third kappa shape index (κ3) is 4.38. The summed E-state index contributed by atoms with van der Waals surface area (Å²) >= 11 is 0. The third-order valence-electron chi connectivity index (χ3n) is 4.01. The summed E-state index contributed by atoms with van der Waals surface area (Å²) in [6.07, 6.45) is 3.16. The van der Waals surface area contributed by atoms with Gasteiger partial charge in [0.15, 0.2) is 0 Å². The minimum atomic E-state index is 0.0645. The van der Waals surface area contributed by atoms with Crippen LogP contribution in [-0.2, 0) is 28.4 Å². The first-order valence-corrected chi connectivity index (χ1v) is 7.56. The minimum absolute atomic E-state index is 0.0645. The summed E-state index contributed by atoms with van der Waals surface area (Å²) in [5.41, 5.74) is 0. The van der Waals surface area contributed by atoms with Crippen LogP contribution in [-0.4, -0.2) is 76.3 Å². The van der Waals surface area contributed by atoms with Crippen molar-refractivity contribution < 1.29 is 28.4 Å². The monoisotopic (exact) mass is 286 g/mol. The van der Waals surface area contributed by atoms with Gasteiger partial charge in [-0.1, -0.05) is 0 Å². The lowest BCUT2D eigenvalue weighted by molar-refractivity contribution is -0.0888. The molecule has 0 aromatic heterocycles. The van der Waals surface area contributed by atoms with Gasteiger partial charge in [-0.2, -0.15) is 0 Å². The first kappa shape index (κ1) is 13.4. The fraction of sp³-hybridized carbons (Fsp3) is 1.00. The summed E-state index contributed by atoms with van der Waals surface area (Å²) in [5, 5.41) is 0. The van der Waals surface area contributed by atoms with Gasteiger partial charge < -0.3 is 28.4 Å². The Morgan fingerprint density at radius 1 is 0.650 bits per heavy atom. The summed E-state index contributed by atoms with van der Waals surface area (Å²) in [6, 6.07) is 0. The highest BCUT2D eigenvalue weighted by atomic mass is 16.6. The largest absolute Gasteiger partial charge is 0.373 e. The second-order valence-electron chi connectivity index (χ2n) is 6.04. The van der Waals surface area contributed by atoms with Gasteiger partial charge >= 0.3 is 0 Å². The van der Waals surface area contributed by atoms with Crippen molar-refractivity contribution in [3.8, 4) is 0 Å². The predicted octanol–water partition coefficient (Wildman–Crippen LogP) is 0.132. The van der Waals surface area contributed by atoms with Crippen LogP contribution in [0, 0.1) is 0 Å². The Labute approximate surface area is 118 Å². The van der Waals surface area contributed by atoms with E-state index in [0.717, 1.165) is 39.3 Å². The molecule has 0 radical (unpaired) electrons. The summed E-state index contributed by atoms with van der Waals surface area (Å²) in [4.78, 5) is 0. The van der Waals surface area contributed by atoms with Gasteiger partial charge in [-0.05, 0) is 0 Å². The van der Waals surface area contributed by atoms with Crippen molar-refractivity contribution in [2.75, 3.05) is 39.6 Å². The van der Waals surface area contributed by atoms with Crippen LogP contribution in [0.25, 0.3) is 0 Å². The van der Waals surface area contributed by atoms with Gasteiger partial charge in [0.05, 0.1) is 64.1 Å². The molecule has 0 bridgehead atoms. The Morgan fingerprint density at radius 2 is 1.00 bits per heavy atom. The van der Waals surface area contributed by atoms with E-state index < -0.39 is 0 Å². The highest BCUT2D eigenvalue weighted by Crippen LogP contribution is 2.28. The lowest BCUT2D eigenvalue weighted by atomic mass is 10.0. The average molecular weight is 286 g/mol. The highest BCUT2D eigenvalue weighted by molar-refractivity contribution is 4.86. The molecule has 4 aliphatic rings. The first-order chi connectivity index (χ1) is 9.87. The molecule has 20 heavy (non-hydrogen) atoms. The van der Waals surface area contributed by atoms with E-state index in [1.807, 2.05) is 0 Å². The molecule has 6 nitrogen and oxygen atoms in total. The van der Waals surface area contributed by atoms with Crippen LogP contribution in [0.4, 0.5) is 0 Å². The molecule has 0 saturated carbocycles. The van der Waals surface area contributed by atoms with E-state index in [0.29, 0.717) is 25.4 Å². The molecule has 6 unspecified atom stereocenters. The van der Waals surface area contributed by atoms with Crippen LogP contribution in [0.2, 0.25) is 0 Å². The molecule has 0 aromatic rings. The molecule has 0 amide bonds. The Kier molecular flexibility index (Phi) is 3.94. The van der Waals surface area contributed by atoms with Crippen molar-refractivity contribution in [3.05, 3.63) is 0 Å². The first-order valence-electron chi connectivity index (χ1n) is 7.56. The molecule has 4 heterocycles. The van der Waals surface area contributed by atoms with E-state index in [4.69, 9.17) is 28.4 Å². The minimum Gasteiger partial charge on any atom is -0.373 e. The Morgan fingerprint density at radius 3 is 1.30 bits per heavy atom. The summed E-state index contributed by atoms with van der Waals surface area (Å²) < 4.78 is 33.2. The zero-order valence-electron chi connectivity index (χ0n) is 11.6. The maximum Gasteiger partial charge on any atom is 0.104 e. The Bertz CT molecular complexity index is 290. The van der Waals surface area contributed by atoms with Crippen molar-refractivity contribution in [2.45, 2.75) is 49.5 Å². The molecular formula is C14H22O6. The van der Waals surface area contributed by atoms with Gasteiger partial charge in [0.2, 0.25) is 0 Å². The van der Waals surface area contributed by atoms with Gasteiger partial charge in [-0.15, -0.1) is 0 Å². The molecule has 0 aromatic carbocycles. The van der Waals surface area contributed by atoms with Crippen LogP contribution < -0.4 is 0 Å². The SMILES string of the molecule is C1OC1COC(CC1CO1)C(CC1CO1)OCC1CO1. The normalized spacial score (nSPS) is 40.2. The van der Waals surface area contributed by atoms with E-state index in [1.165, 1.54) is 0 Å². The summed E-state index contributed by atoms with van der Waals surface area (Å²) in [6.45, 7) is 4.64. The Balaban J connectivity index is 1.31. The zero-order chi connectivity index (χ0) is 13.4. The molecule has 0 N–H and O–H groups in total. The molecule has 0 spiro atoms. The molecule has 4 rings (SSSR count). The van der Waals surface area contributed by atoms with Crippen LogP contribution >= 0.6 is 0 Å². The molecule has 6 atom stereocenters. The van der Waals surface area contributed by atoms with E-state index >= 15 is 0 Å². The van der Waals surface area contributed by atoms with Gasteiger partial charge in [-0.25, -0.2) is 0 Å². The summed E-state index contributed by atoms with van der Waals surface area (Å²) in [5.74, 6) is 0. The van der Waals surface area contributed by atoms with Gasteiger partial charge in [0.25, 0.3) is 0 Å². The molecular weight excluding hydrogens is 264 g/mol. The zero-order valence-corrected chi connectivity index (χ0v) is 11.6. The average Bonchev–Trinajstić information content (AvgIpc) is 3.29. The number of rotatable bonds is 11. The topological polar surface area (TPSA) is 68.6 Å². The third-order valence-corrected chi connectivity index (χ3v) is 4.01. The fourth-order valence-corrected chi connectivity index (χ4v) is 2.37. The van der Waals surface area contributed by atoms with Crippen molar-refractivity contribution in [1.82, 2.24) is 0 Å². The molecule has 6 heteroatoms. The van der Waals surface area contributed by atoms with Crippen LogP contribution in [0.3, 0.4) is 0 Å². The Hall–Kier alpha value is -0.240. The molecule has 114 valence electrons. The second kappa shape index (κ2) is 5.87. The molecule has 0 aliphatic carbocycles. The van der Waals surface area contributed by atoms with E-state index in [9.17, 15) is 0 Å². The number of epoxide rings is 4. The van der Waals surface area contributed by atoms with Gasteiger partial charge in [-0.3, -0.25) is 0 Å². The van der Waals surface area contributed by atoms with Crippen molar-refractivity contribution in [1.29, 1.82) is 0 Å². The molecule has 4 saturated heterocycles. The second-order valence-corrected chi connectivity index (χ2v) is 6.04. The van der Waals surface area contributed by atoms with Crippen molar-refractivity contribution >= 4 is 0 Å². The van der Waals surface area contributed by atoms with Gasteiger partial charge in [0.1, 0.15) is 12.2 Å². The van der Waals surface area contributed by atoms with Crippen molar-refractivity contribution in [3.63, 3.8) is 0 Å². The maximum absolute atomic E-state index is 6.03. The fourth-order valence-electron chi connectivity index (χ4n) is 2.37. The predicted molar refractivity (Wildman–Crippen MR) is 67.7 cm³/mol. The molecule has 4 fully saturated rings. The smallest absolute Gasteiger partial charge is 0.104 e. The standard InChI is InChI=1S/C14H22O6/c1(9-3-15-9)13(19-7-11-5-17-11)14(2-10-4-16-10)20-8-12-6-18-12/h9-14H,1-8H2. The van der Waals surface area contributed by atoms with E-state index in [2.05, 4.69) is 0 Å². The number of hydrogen-bond donors (Lipinski definition) is 0. The van der Waals surface area contributed by atoms with Crippen LogP contribution in [0.15, 0.2) is 0 Å². The van der Waals surface area contributed by atoms with Crippen LogP contribution in [0.5, 0.6) is 0 Å². The quantitative estimate of drug-likeness (QED) is 0.503. The maximum atomic E-state index is 6.03. The van der Waals surface area contributed by atoms with Crippen molar-refractivity contribution in [2.24, 2.45) is 0 Å². The van der Waals surface area contributed by atoms with E-state index in [-0.39, 0.29) is 24.4 Å². The summed E-state index contributed by atoms with van der Waals surface area (Å²) in [7, 11) is 0. The number of hydrogen-bond acceptors (Lipinski definition) is 6. The van der Waals surface area contributed by atoms with E-state index in [1.54, 1.807) is 0 Å². The van der Waals surface area contributed by atoms with Crippen LogP contribution in [0.1, 0.15) is 12.8 Å². The number of ether oxygens (including phenoxy) is 6. The molecule has 4 aliphatic heterocycles. The van der Waals surface area contributed by atoms with Gasteiger partial charge in [0, 0.05) is 12.8 Å². The highest BCUT2D eigenvalue weighted by Gasteiger charge is 2.38.